The number of ether oxygens (including phenoxy) is 2. The molecule has 1 N–H and O–H groups in total. The third-order valence-corrected chi connectivity index (χ3v) is 3.27. The lowest BCUT2D eigenvalue weighted by atomic mass is 10.1. The molecule has 1 atom stereocenters. The van der Waals surface area contributed by atoms with Gasteiger partial charge in [-0.25, -0.2) is 19.3 Å². The predicted octanol–water partition coefficient (Wildman–Crippen LogP) is 4.55. The van der Waals surface area contributed by atoms with Crippen molar-refractivity contribution < 1.29 is 29.0 Å². The van der Waals surface area contributed by atoms with Gasteiger partial charge in [0.2, 0.25) is 0 Å². The SMILES string of the molecule is CC(/C=C(/Br)C(=O)O)CCN(C(=O)OC(C)(C)C)C(=O)OC(C)(C)C. The molecule has 0 heterocycles. The largest absolute Gasteiger partial charge is 0.477 e. The smallest absolute Gasteiger partial charge is 0.419 e. The second-order valence-corrected chi connectivity index (χ2v) is 8.55. The predicted molar refractivity (Wildman–Crippen MR) is 97.6 cm³/mol. The fraction of sp³-hybridized carbons (Fsp3) is 0.706. The van der Waals surface area contributed by atoms with E-state index in [4.69, 9.17) is 14.6 Å². The van der Waals surface area contributed by atoms with E-state index in [0.29, 0.717) is 6.42 Å². The zero-order valence-corrected chi connectivity index (χ0v) is 17.5. The van der Waals surface area contributed by atoms with Gasteiger partial charge in [0.15, 0.2) is 0 Å². The molecule has 0 rings (SSSR count). The molecule has 0 spiro atoms. The van der Waals surface area contributed by atoms with Crippen molar-refractivity contribution in [1.82, 2.24) is 4.90 Å². The van der Waals surface area contributed by atoms with E-state index in [2.05, 4.69) is 15.9 Å². The quantitative estimate of drug-likeness (QED) is 0.654. The molecule has 0 aromatic rings. The van der Waals surface area contributed by atoms with Crippen LogP contribution < -0.4 is 0 Å². The first kappa shape index (κ1) is 23.4. The number of rotatable bonds is 5. The number of hydrogen-bond donors (Lipinski definition) is 1. The van der Waals surface area contributed by atoms with Crippen LogP contribution in [-0.2, 0) is 14.3 Å². The molecule has 25 heavy (non-hydrogen) atoms. The summed E-state index contributed by atoms with van der Waals surface area (Å²) >= 11 is 2.95. The molecular formula is C17H28BrNO6. The van der Waals surface area contributed by atoms with Crippen molar-refractivity contribution in [3.05, 3.63) is 10.6 Å². The highest BCUT2D eigenvalue weighted by Crippen LogP contribution is 2.18. The maximum Gasteiger partial charge on any atom is 0.419 e. The molecule has 2 amide bonds. The summed E-state index contributed by atoms with van der Waals surface area (Å²) in [7, 11) is 0. The van der Waals surface area contributed by atoms with E-state index in [1.54, 1.807) is 48.5 Å². The second kappa shape index (κ2) is 9.22. The molecule has 0 saturated carbocycles. The number of allylic oxidation sites excluding steroid dienone is 1. The Morgan fingerprint density at radius 2 is 1.44 bits per heavy atom. The van der Waals surface area contributed by atoms with E-state index in [0.717, 1.165) is 4.90 Å². The molecule has 0 saturated heterocycles. The number of amides is 2. The van der Waals surface area contributed by atoms with Crippen molar-refractivity contribution in [3.63, 3.8) is 0 Å². The highest BCUT2D eigenvalue weighted by molar-refractivity contribution is 9.12. The Hall–Kier alpha value is -1.57. The minimum Gasteiger partial charge on any atom is -0.477 e. The van der Waals surface area contributed by atoms with Gasteiger partial charge in [0.1, 0.15) is 11.2 Å². The zero-order valence-electron chi connectivity index (χ0n) is 15.9. The third kappa shape index (κ3) is 10.8. The van der Waals surface area contributed by atoms with E-state index >= 15 is 0 Å². The van der Waals surface area contributed by atoms with Crippen molar-refractivity contribution in [2.45, 2.75) is 66.1 Å². The van der Waals surface area contributed by atoms with Crippen LogP contribution in [0.15, 0.2) is 10.6 Å². The van der Waals surface area contributed by atoms with Gasteiger partial charge < -0.3 is 14.6 Å². The van der Waals surface area contributed by atoms with Gasteiger partial charge in [-0.2, -0.15) is 0 Å². The summed E-state index contributed by atoms with van der Waals surface area (Å²) in [5.74, 6) is -1.26. The lowest BCUT2D eigenvalue weighted by molar-refractivity contribution is -0.131. The summed E-state index contributed by atoms with van der Waals surface area (Å²) in [6, 6.07) is 0. The summed E-state index contributed by atoms with van der Waals surface area (Å²) in [5.41, 5.74) is -1.51. The summed E-state index contributed by atoms with van der Waals surface area (Å²) < 4.78 is 10.5. The molecule has 0 aromatic heterocycles. The Bertz CT molecular complexity index is 502. The standard InChI is InChI=1S/C17H28BrNO6/c1-11(10-12(18)13(20)21)8-9-19(14(22)24-16(2,3)4)15(23)25-17(5,6)7/h10-11H,8-9H2,1-7H3,(H,20,21)/b12-10+. The molecule has 8 heteroatoms. The average Bonchev–Trinajstić information content (AvgIpc) is 2.33. The van der Waals surface area contributed by atoms with E-state index in [1.807, 2.05) is 0 Å². The molecule has 7 nitrogen and oxygen atoms in total. The van der Waals surface area contributed by atoms with Crippen LogP contribution >= 0.6 is 15.9 Å². The normalized spacial score (nSPS) is 13.8. The van der Waals surface area contributed by atoms with Crippen molar-refractivity contribution in [2.75, 3.05) is 6.54 Å². The molecule has 144 valence electrons. The van der Waals surface area contributed by atoms with E-state index < -0.39 is 29.4 Å². The first-order valence-electron chi connectivity index (χ1n) is 7.96. The molecule has 1 unspecified atom stereocenters. The summed E-state index contributed by atoms with van der Waals surface area (Å²) in [5, 5.41) is 8.87. The van der Waals surface area contributed by atoms with Crippen LogP contribution in [0.2, 0.25) is 0 Å². The van der Waals surface area contributed by atoms with Gasteiger partial charge in [-0.05, 0) is 69.8 Å². The van der Waals surface area contributed by atoms with E-state index in [-0.39, 0.29) is 16.9 Å². The van der Waals surface area contributed by atoms with Crippen LogP contribution in [0.25, 0.3) is 0 Å². The molecule has 0 radical (unpaired) electrons. The second-order valence-electron chi connectivity index (χ2n) is 7.70. The molecule has 0 fully saturated rings. The Labute approximate surface area is 157 Å². The van der Waals surface area contributed by atoms with Gasteiger partial charge in [0.05, 0.1) is 4.48 Å². The number of carbonyl (C=O) groups excluding carboxylic acids is 2. The van der Waals surface area contributed by atoms with Crippen LogP contribution in [0, 0.1) is 5.92 Å². The maximum absolute atomic E-state index is 12.3. The van der Waals surface area contributed by atoms with E-state index in [9.17, 15) is 14.4 Å². The van der Waals surface area contributed by atoms with Crippen LogP contribution in [-0.4, -0.2) is 45.9 Å². The summed E-state index contributed by atoms with van der Waals surface area (Å²) in [6.45, 7) is 12.0. The summed E-state index contributed by atoms with van der Waals surface area (Å²) in [4.78, 5) is 36.4. The first-order valence-corrected chi connectivity index (χ1v) is 8.76. The Balaban J connectivity index is 5.14. The highest BCUT2D eigenvalue weighted by Gasteiger charge is 2.31. The van der Waals surface area contributed by atoms with Gasteiger partial charge in [-0.15, -0.1) is 0 Å². The Morgan fingerprint density at radius 1 is 1.04 bits per heavy atom. The first-order chi connectivity index (χ1) is 11.1. The summed E-state index contributed by atoms with van der Waals surface area (Å²) in [6.07, 6.45) is 0.274. The van der Waals surface area contributed by atoms with Gasteiger partial charge >= 0.3 is 18.2 Å². The van der Waals surface area contributed by atoms with Gasteiger partial charge in [0, 0.05) is 6.54 Å². The lowest BCUT2D eigenvalue weighted by Crippen LogP contribution is -2.44. The van der Waals surface area contributed by atoms with Crippen LogP contribution in [0.4, 0.5) is 9.59 Å². The molecule has 0 aromatic carbocycles. The average molecular weight is 422 g/mol. The molecular weight excluding hydrogens is 394 g/mol. The fourth-order valence-electron chi connectivity index (χ4n) is 1.63. The number of carboxylic acids is 1. The lowest BCUT2D eigenvalue weighted by Gasteiger charge is -2.29. The topological polar surface area (TPSA) is 93.1 Å². The van der Waals surface area contributed by atoms with Crippen molar-refractivity contribution in [3.8, 4) is 0 Å². The Morgan fingerprint density at radius 3 is 1.76 bits per heavy atom. The van der Waals surface area contributed by atoms with Crippen LogP contribution in [0.3, 0.4) is 0 Å². The molecule has 0 bridgehead atoms. The van der Waals surface area contributed by atoms with E-state index in [1.165, 1.54) is 6.08 Å². The number of imide groups is 1. The van der Waals surface area contributed by atoms with Crippen molar-refractivity contribution in [2.24, 2.45) is 5.92 Å². The number of carbonyl (C=O) groups is 3. The number of halogens is 1. The Kier molecular flexibility index (Phi) is 8.64. The van der Waals surface area contributed by atoms with Crippen molar-refractivity contribution in [1.29, 1.82) is 0 Å². The maximum atomic E-state index is 12.3. The zero-order chi connectivity index (χ0) is 20.0. The van der Waals surface area contributed by atoms with Gasteiger partial charge in [0.25, 0.3) is 0 Å². The molecule has 0 aliphatic carbocycles. The minimum atomic E-state index is -1.08. The van der Waals surface area contributed by atoms with Crippen LogP contribution in [0.5, 0.6) is 0 Å². The monoisotopic (exact) mass is 421 g/mol. The number of hydrogen-bond acceptors (Lipinski definition) is 5. The number of aliphatic carboxylic acids is 1. The minimum absolute atomic E-state index is 0.0288. The number of nitrogens with zero attached hydrogens (tertiary/aromatic N) is 1. The highest BCUT2D eigenvalue weighted by atomic mass is 79.9. The molecule has 0 aliphatic rings. The fourth-order valence-corrected chi connectivity index (χ4v) is 2.08. The number of carboxylic acid groups (broad SMARTS) is 1. The molecule has 0 aliphatic heterocycles. The van der Waals surface area contributed by atoms with Gasteiger partial charge in [-0.1, -0.05) is 13.0 Å². The third-order valence-electron chi connectivity index (χ3n) is 2.67. The van der Waals surface area contributed by atoms with Gasteiger partial charge in [-0.3, -0.25) is 0 Å². The van der Waals surface area contributed by atoms with Crippen LogP contribution in [0.1, 0.15) is 54.9 Å². The van der Waals surface area contributed by atoms with Crippen molar-refractivity contribution >= 4 is 34.1 Å².